The first kappa shape index (κ1) is 18.6. The van der Waals surface area contributed by atoms with Crippen LogP contribution in [0.3, 0.4) is 0 Å². The number of anilines is 3. The van der Waals surface area contributed by atoms with Crippen LogP contribution in [0.1, 0.15) is 24.5 Å². The molecular weight excluding hydrogens is 374 g/mol. The Hall–Kier alpha value is -2.71. The van der Waals surface area contributed by atoms with E-state index in [0.29, 0.717) is 18.5 Å². The molecule has 0 radical (unpaired) electrons. The van der Waals surface area contributed by atoms with Gasteiger partial charge in [-0.15, -0.1) is 0 Å². The van der Waals surface area contributed by atoms with Gasteiger partial charge in [0.2, 0.25) is 5.95 Å². The van der Waals surface area contributed by atoms with E-state index >= 15 is 0 Å². The number of aromatic nitrogens is 3. The second-order valence-corrected chi connectivity index (χ2v) is 7.55. The zero-order chi connectivity index (χ0) is 19.3. The lowest BCUT2D eigenvalue weighted by atomic mass is 10.2. The minimum atomic E-state index is 0.536. The van der Waals surface area contributed by atoms with Crippen molar-refractivity contribution >= 4 is 28.1 Å². The van der Waals surface area contributed by atoms with E-state index in [4.69, 9.17) is 19.4 Å². The topological polar surface area (TPSA) is 81.2 Å². The van der Waals surface area contributed by atoms with Crippen molar-refractivity contribution in [3.05, 3.63) is 42.2 Å². The van der Waals surface area contributed by atoms with Crippen LogP contribution in [0.5, 0.6) is 5.75 Å². The second-order valence-electron chi connectivity index (χ2n) is 6.55. The van der Waals surface area contributed by atoms with Gasteiger partial charge in [-0.3, -0.25) is 0 Å². The lowest BCUT2D eigenvalue weighted by molar-refractivity contribution is 0.211. The normalized spacial score (nSPS) is 13.4. The molecule has 0 unspecified atom stereocenters. The van der Waals surface area contributed by atoms with Crippen LogP contribution in [0.25, 0.3) is 10.6 Å². The van der Waals surface area contributed by atoms with Crippen molar-refractivity contribution in [2.24, 2.45) is 0 Å². The highest BCUT2D eigenvalue weighted by atomic mass is 32.1. The summed E-state index contributed by atoms with van der Waals surface area (Å²) in [4.78, 5) is 15.0. The Balaban J connectivity index is 1.58. The van der Waals surface area contributed by atoms with E-state index in [2.05, 4.69) is 15.6 Å². The van der Waals surface area contributed by atoms with Crippen LogP contribution in [-0.2, 0) is 4.74 Å². The lowest BCUT2D eigenvalue weighted by Gasteiger charge is -2.08. The van der Waals surface area contributed by atoms with Gasteiger partial charge in [-0.1, -0.05) is 17.4 Å². The molecule has 1 aliphatic carbocycles. The smallest absolute Gasteiger partial charge is 0.227 e. The Labute approximate surface area is 168 Å². The van der Waals surface area contributed by atoms with Gasteiger partial charge in [-0.25, -0.2) is 15.0 Å². The number of methoxy groups -OCH3 is 2. The van der Waals surface area contributed by atoms with Crippen LogP contribution in [0.4, 0.5) is 16.8 Å². The van der Waals surface area contributed by atoms with Gasteiger partial charge in [0.1, 0.15) is 5.75 Å². The molecule has 0 saturated heterocycles. The van der Waals surface area contributed by atoms with E-state index < -0.39 is 0 Å². The third-order valence-electron chi connectivity index (χ3n) is 4.41. The number of ether oxygens (including phenoxy) is 2. The van der Waals surface area contributed by atoms with Crippen LogP contribution in [0, 0.1) is 0 Å². The molecule has 4 rings (SSSR count). The molecule has 7 nitrogen and oxygen atoms in total. The molecule has 1 aromatic carbocycles. The van der Waals surface area contributed by atoms with Crippen molar-refractivity contribution in [3.8, 4) is 16.3 Å². The second kappa shape index (κ2) is 8.53. The van der Waals surface area contributed by atoms with Crippen LogP contribution < -0.4 is 15.4 Å². The molecule has 0 spiro atoms. The van der Waals surface area contributed by atoms with Crippen LogP contribution in [0.15, 0.2) is 36.5 Å². The van der Waals surface area contributed by atoms with Gasteiger partial charge in [0, 0.05) is 37.5 Å². The summed E-state index contributed by atoms with van der Waals surface area (Å²) in [6.07, 6.45) is 4.15. The number of benzene rings is 1. The minimum absolute atomic E-state index is 0.536. The van der Waals surface area contributed by atoms with Gasteiger partial charge >= 0.3 is 0 Å². The molecule has 0 amide bonds. The highest BCUT2D eigenvalue weighted by molar-refractivity contribution is 7.19. The fraction of sp³-hybridized carbons (Fsp3) is 0.350. The fourth-order valence-corrected chi connectivity index (χ4v) is 3.91. The summed E-state index contributed by atoms with van der Waals surface area (Å²) in [6, 6.07) is 9.64. The molecule has 3 aromatic rings. The van der Waals surface area contributed by atoms with E-state index in [9.17, 15) is 0 Å². The summed E-state index contributed by atoms with van der Waals surface area (Å²) in [5.74, 6) is 1.87. The van der Waals surface area contributed by atoms with E-state index in [1.807, 2.05) is 30.3 Å². The zero-order valence-electron chi connectivity index (χ0n) is 15.9. The summed E-state index contributed by atoms with van der Waals surface area (Å²) in [5.41, 5.74) is 2.90. The summed E-state index contributed by atoms with van der Waals surface area (Å²) in [6.45, 7) is 1.38. The summed E-state index contributed by atoms with van der Waals surface area (Å²) in [7, 11) is 3.35. The first-order chi connectivity index (χ1) is 13.8. The summed E-state index contributed by atoms with van der Waals surface area (Å²) < 4.78 is 10.4. The van der Waals surface area contributed by atoms with Crippen LogP contribution in [0.2, 0.25) is 0 Å². The Morgan fingerprint density at radius 2 is 2.07 bits per heavy atom. The van der Waals surface area contributed by atoms with E-state index in [-0.39, 0.29) is 0 Å². The highest BCUT2D eigenvalue weighted by Gasteiger charge is 2.30. The zero-order valence-corrected chi connectivity index (χ0v) is 16.8. The van der Waals surface area contributed by atoms with E-state index in [1.54, 1.807) is 31.8 Å². The van der Waals surface area contributed by atoms with Crippen molar-refractivity contribution < 1.29 is 9.47 Å². The maximum atomic E-state index is 5.27. The molecule has 146 valence electrons. The molecule has 1 aliphatic rings. The predicted molar refractivity (Wildman–Crippen MR) is 112 cm³/mol. The molecule has 2 aromatic heterocycles. The van der Waals surface area contributed by atoms with Crippen molar-refractivity contribution in [1.82, 2.24) is 15.0 Å². The molecule has 1 fully saturated rings. The maximum absolute atomic E-state index is 5.27. The molecule has 1 saturated carbocycles. The van der Waals surface area contributed by atoms with Gasteiger partial charge in [0.15, 0.2) is 5.13 Å². The molecule has 28 heavy (non-hydrogen) atoms. The van der Waals surface area contributed by atoms with Crippen molar-refractivity contribution in [1.29, 1.82) is 0 Å². The Morgan fingerprint density at radius 1 is 1.18 bits per heavy atom. The Kier molecular flexibility index (Phi) is 5.68. The first-order valence-corrected chi connectivity index (χ1v) is 10.1. The monoisotopic (exact) mass is 397 g/mol. The van der Waals surface area contributed by atoms with Crippen LogP contribution in [-0.4, -0.2) is 42.3 Å². The van der Waals surface area contributed by atoms with Crippen LogP contribution >= 0.6 is 11.3 Å². The standard InChI is InChI=1S/C20H23N5O2S/c1-26-11-10-22-20-25-17(13-6-7-13)18(28-20)16-8-9-21-19(24-16)23-14-4-3-5-15(12-14)27-2/h3-5,8-9,12-13H,6-7,10-11H2,1-2H3,(H,22,25)(H,21,23,24). The molecule has 2 heterocycles. The number of hydrogen-bond acceptors (Lipinski definition) is 8. The largest absolute Gasteiger partial charge is 0.497 e. The molecule has 8 heteroatoms. The average Bonchev–Trinajstić information content (AvgIpc) is 3.48. The molecule has 0 atom stereocenters. The van der Waals surface area contributed by atoms with E-state index in [1.165, 1.54) is 12.8 Å². The molecular formula is C20H23N5O2S. The Bertz CT molecular complexity index is 942. The van der Waals surface area contributed by atoms with Gasteiger partial charge < -0.3 is 20.1 Å². The maximum Gasteiger partial charge on any atom is 0.227 e. The highest BCUT2D eigenvalue weighted by Crippen LogP contribution is 2.46. The predicted octanol–water partition coefficient (Wildman–Crippen LogP) is 4.29. The number of hydrogen-bond donors (Lipinski definition) is 2. The lowest BCUT2D eigenvalue weighted by Crippen LogP contribution is -2.07. The molecule has 0 aliphatic heterocycles. The van der Waals surface area contributed by atoms with Gasteiger partial charge in [0.25, 0.3) is 0 Å². The van der Waals surface area contributed by atoms with E-state index in [0.717, 1.165) is 39.4 Å². The number of nitrogens with zero attached hydrogens (tertiary/aromatic N) is 3. The third-order valence-corrected chi connectivity index (χ3v) is 5.47. The fourth-order valence-electron chi connectivity index (χ4n) is 2.86. The van der Waals surface area contributed by atoms with Crippen molar-refractivity contribution in [2.75, 3.05) is 38.0 Å². The summed E-state index contributed by atoms with van der Waals surface area (Å²) in [5, 5.41) is 7.50. The van der Waals surface area contributed by atoms with Crippen molar-refractivity contribution in [2.45, 2.75) is 18.8 Å². The molecule has 0 bridgehead atoms. The van der Waals surface area contributed by atoms with Gasteiger partial charge in [0.05, 0.1) is 30.0 Å². The Morgan fingerprint density at radius 3 is 2.86 bits per heavy atom. The molecule has 2 N–H and O–H groups in total. The third kappa shape index (κ3) is 4.40. The van der Waals surface area contributed by atoms with Gasteiger partial charge in [-0.05, 0) is 31.0 Å². The van der Waals surface area contributed by atoms with Crippen molar-refractivity contribution in [3.63, 3.8) is 0 Å². The van der Waals surface area contributed by atoms with Gasteiger partial charge in [-0.2, -0.15) is 0 Å². The number of nitrogens with one attached hydrogen (secondary N) is 2. The SMILES string of the molecule is COCCNc1nc(C2CC2)c(-c2ccnc(Nc3cccc(OC)c3)n2)s1. The number of thiazole rings is 1. The summed E-state index contributed by atoms with van der Waals surface area (Å²) >= 11 is 1.64. The minimum Gasteiger partial charge on any atom is -0.497 e. The first-order valence-electron chi connectivity index (χ1n) is 9.25. The average molecular weight is 398 g/mol. The quantitative estimate of drug-likeness (QED) is 0.521. The number of rotatable bonds is 9.